The maximum Gasteiger partial charge on any atom is 0.129 e. The second kappa shape index (κ2) is 6.95. The monoisotopic (exact) mass is 371 g/mol. The third-order valence-corrected chi connectivity index (χ3v) is 4.41. The highest BCUT2D eigenvalue weighted by Crippen LogP contribution is 2.14. The van der Waals surface area contributed by atoms with Crippen molar-refractivity contribution in [2.45, 2.75) is 13.3 Å². The molecule has 2 N–H and O–H groups in total. The molecule has 0 aliphatic carbocycles. The molecule has 0 bridgehead atoms. The molecule has 0 spiro atoms. The highest BCUT2D eigenvalue weighted by atomic mass is 15.5. The summed E-state index contributed by atoms with van der Waals surface area (Å²) in [7, 11) is 0. The topological polar surface area (TPSA) is 98.4 Å². The summed E-state index contributed by atoms with van der Waals surface area (Å²) in [5.74, 6) is 1.49. The highest BCUT2D eigenvalue weighted by Gasteiger charge is 2.05. The Morgan fingerprint density at radius 1 is 0.607 bits per heavy atom. The lowest BCUT2D eigenvalue weighted by Crippen LogP contribution is -2.13. The van der Waals surface area contributed by atoms with E-state index >= 15 is 0 Å². The van der Waals surface area contributed by atoms with Crippen LogP contribution in [0.4, 0.5) is 11.6 Å². The lowest BCUT2D eigenvalue weighted by atomic mass is 10.3. The number of fused-ring (bicyclic) bond motifs is 2. The molecular weight excluding hydrogens is 354 g/mol. The molecule has 5 rings (SSSR count). The number of hydrogen-bond donors (Lipinski definition) is 2. The van der Waals surface area contributed by atoms with Crippen LogP contribution in [0, 0.1) is 0 Å². The zero-order valence-corrected chi connectivity index (χ0v) is 14.9. The number of para-hydroxylation sites is 2. The van der Waals surface area contributed by atoms with E-state index in [1.54, 1.807) is 9.36 Å². The van der Waals surface area contributed by atoms with E-state index in [4.69, 9.17) is 0 Å². The summed E-state index contributed by atoms with van der Waals surface area (Å²) in [5, 5.41) is 23.2. The third-order valence-electron chi connectivity index (χ3n) is 4.41. The van der Waals surface area contributed by atoms with Gasteiger partial charge in [-0.05, 0) is 36.4 Å². The Morgan fingerprint density at radius 3 is 1.64 bits per heavy atom. The van der Waals surface area contributed by atoms with Crippen molar-refractivity contribution in [1.82, 2.24) is 35.0 Å². The number of nitrogens with zero attached hydrogens (tertiary/aromatic N) is 7. The summed E-state index contributed by atoms with van der Waals surface area (Å²) in [6.07, 6.45) is 0. The van der Waals surface area contributed by atoms with Crippen LogP contribution in [-0.4, -0.2) is 35.0 Å². The fourth-order valence-corrected chi connectivity index (χ4v) is 3.01. The van der Waals surface area contributed by atoms with Crippen LogP contribution in [0.2, 0.25) is 0 Å². The summed E-state index contributed by atoms with van der Waals surface area (Å²) in [6, 6.07) is 21.5. The minimum Gasteiger partial charge on any atom is -0.351 e. The van der Waals surface area contributed by atoms with Crippen molar-refractivity contribution in [1.29, 1.82) is 0 Å². The molecule has 28 heavy (non-hydrogen) atoms. The Morgan fingerprint density at radius 2 is 1.11 bits per heavy atom. The van der Waals surface area contributed by atoms with Crippen molar-refractivity contribution in [3.8, 4) is 0 Å². The molecule has 0 saturated carbocycles. The Balaban J connectivity index is 1.27. The lowest BCUT2D eigenvalue weighted by molar-refractivity contribution is 0.650. The lowest BCUT2D eigenvalue weighted by Gasteiger charge is -2.10. The average Bonchev–Trinajstić information content (AvgIpc) is 3.35. The van der Waals surface area contributed by atoms with Crippen LogP contribution in [0.25, 0.3) is 22.1 Å². The first kappa shape index (κ1) is 16.2. The SMILES string of the molecule is c1cc(NCn2nnc3ccccc32)nc(NCn2nnc3ccccc32)c1. The van der Waals surface area contributed by atoms with Gasteiger partial charge in [0.05, 0.1) is 11.0 Å². The maximum atomic E-state index is 4.59. The molecule has 0 unspecified atom stereocenters. The number of benzene rings is 2. The summed E-state index contributed by atoms with van der Waals surface area (Å²) < 4.78 is 3.61. The van der Waals surface area contributed by atoms with Gasteiger partial charge in [-0.2, -0.15) is 0 Å². The molecule has 0 saturated heterocycles. The van der Waals surface area contributed by atoms with Crippen molar-refractivity contribution < 1.29 is 0 Å². The molecule has 0 aliphatic heterocycles. The molecule has 5 aromatic rings. The second-order valence-corrected chi connectivity index (χ2v) is 6.23. The molecule has 3 heterocycles. The highest BCUT2D eigenvalue weighted by molar-refractivity contribution is 5.74. The number of nitrogens with one attached hydrogen (secondary N) is 2. The normalized spacial score (nSPS) is 11.1. The Kier molecular flexibility index (Phi) is 4.02. The van der Waals surface area contributed by atoms with Crippen molar-refractivity contribution in [2.75, 3.05) is 10.6 Å². The molecule has 0 radical (unpaired) electrons. The molecule has 3 aromatic heterocycles. The fourth-order valence-electron chi connectivity index (χ4n) is 3.01. The first-order valence-corrected chi connectivity index (χ1v) is 8.88. The summed E-state index contributed by atoms with van der Waals surface area (Å²) in [6.45, 7) is 0.954. The first-order chi connectivity index (χ1) is 13.9. The van der Waals surface area contributed by atoms with E-state index in [0.717, 1.165) is 33.7 Å². The van der Waals surface area contributed by atoms with E-state index in [9.17, 15) is 0 Å². The molecule has 0 amide bonds. The van der Waals surface area contributed by atoms with Crippen molar-refractivity contribution >= 4 is 33.7 Å². The van der Waals surface area contributed by atoms with Crippen LogP contribution in [-0.2, 0) is 13.3 Å². The van der Waals surface area contributed by atoms with Gasteiger partial charge in [0.15, 0.2) is 0 Å². The van der Waals surface area contributed by atoms with Gasteiger partial charge in [-0.1, -0.05) is 40.8 Å². The number of aromatic nitrogens is 7. The van der Waals surface area contributed by atoms with Gasteiger partial charge in [-0.15, -0.1) is 10.2 Å². The average molecular weight is 371 g/mol. The van der Waals surface area contributed by atoms with Gasteiger partial charge in [-0.3, -0.25) is 0 Å². The minimum absolute atomic E-state index is 0.477. The first-order valence-electron chi connectivity index (χ1n) is 8.88. The number of hydrogen-bond acceptors (Lipinski definition) is 7. The van der Waals surface area contributed by atoms with Gasteiger partial charge < -0.3 is 10.6 Å². The van der Waals surface area contributed by atoms with Crippen LogP contribution in [0.5, 0.6) is 0 Å². The van der Waals surface area contributed by atoms with Gasteiger partial charge in [0.1, 0.15) is 36.0 Å². The van der Waals surface area contributed by atoms with Gasteiger partial charge in [0.25, 0.3) is 0 Å². The van der Waals surface area contributed by atoms with E-state index in [0.29, 0.717) is 13.3 Å². The standard InChI is InChI=1S/C19H17N9/c1-3-8-16-14(6-1)23-25-27(16)12-20-18-10-5-11-19(22-18)21-13-28-17-9-4-2-7-15(17)24-26-28/h1-11H,12-13H2,(H2,20,21,22). The fraction of sp³-hybridized carbons (Fsp3) is 0.105. The Hall–Kier alpha value is -4.01. The van der Waals surface area contributed by atoms with Gasteiger partial charge in [-0.25, -0.2) is 14.3 Å². The van der Waals surface area contributed by atoms with Gasteiger partial charge in [0, 0.05) is 0 Å². The second-order valence-electron chi connectivity index (χ2n) is 6.23. The smallest absolute Gasteiger partial charge is 0.129 e. The van der Waals surface area contributed by atoms with E-state index in [1.165, 1.54) is 0 Å². The van der Waals surface area contributed by atoms with Gasteiger partial charge >= 0.3 is 0 Å². The molecule has 9 nitrogen and oxygen atoms in total. The largest absolute Gasteiger partial charge is 0.351 e. The molecular formula is C19H17N9. The van der Waals surface area contributed by atoms with Crippen LogP contribution in [0.3, 0.4) is 0 Å². The van der Waals surface area contributed by atoms with Crippen LogP contribution in [0.15, 0.2) is 66.7 Å². The number of anilines is 2. The van der Waals surface area contributed by atoms with Crippen LogP contribution < -0.4 is 10.6 Å². The molecule has 9 heteroatoms. The quantitative estimate of drug-likeness (QED) is 0.473. The number of rotatable bonds is 6. The molecule has 0 atom stereocenters. The zero-order valence-electron chi connectivity index (χ0n) is 14.9. The van der Waals surface area contributed by atoms with E-state index in [-0.39, 0.29) is 0 Å². The minimum atomic E-state index is 0.477. The van der Waals surface area contributed by atoms with E-state index in [2.05, 4.69) is 36.2 Å². The molecule has 2 aromatic carbocycles. The van der Waals surface area contributed by atoms with E-state index in [1.807, 2.05) is 66.7 Å². The third kappa shape index (κ3) is 3.09. The van der Waals surface area contributed by atoms with Crippen LogP contribution in [0.1, 0.15) is 0 Å². The number of pyridine rings is 1. The molecule has 138 valence electrons. The summed E-state index contributed by atoms with van der Waals surface area (Å²) >= 11 is 0. The summed E-state index contributed by atoms with van der Waals surface area (Å²) in [5.41, 5.74) is 3.69. The van der Waals surface area contributed by atoms with Crippen molar-refractivity contribution in [3.05, 3.63) is 66.7 Å². The molecule has 0 aliphatic rings. The van der Waals surface area contributed by atoms with Crippen LogP contribution >= 0.6 is 0 Å². The Bertz CT molecular complexity index is 1150. The zero-order chi connectivity index (χ0) is 18.8. The predicted octanol–water partition coefficient (Wildman–Crippen LogP) is 2.71. The predicted molar refractivity (Wildman–Crippen MR) is 107 cm³/mol. The van der Waals surface area contributed by atoms with E-state index < -0.39 is 0 Å². The maximum absolute atomic E-state index is 4.59. The molecule has 0 fully saturated rings. The van der Waals surface area contributed by atoms with Gasteiger partial charge in [0.2, 0.25) is 0 Å². The Labute approximate surface area is 160 Å². The van der Waals surface area contributed by atoms with Crippen molar-refractivity contribution in [3.63, 3.8) is 0 Å². The van der Waals surface area contributed by atoms with Crippen molar-refractivity contribution in [2.24, 2.45) is 0 Å². The summed E-state index contributed by atoms with van der Waals surface area (Å²) in [4.78, 5) is 4.59.